The number of rotatable bonds is 7. The number of oxime groups is 1. The molecule has 2 aromatic carbocycles. The molecule has 0 aliphatic rings. The zero-order valence-corrected chi connectivity index (χ0v) is 16.3. The Labute approximate surface area is 167 Å². The molecule has 0 aliphatic carbocycles. The first-order valence-corrected chi connectivity index (χ1v) is 8.79. The maximum absolute atomic E-state index is 13.3. The van der Waals surface area contributed by atoms with Gasteiger partial charge in [-0.25, -0.2) is 9.18 Å². The topological polar surface area (TPSA) is 70.3 Å². The summed E-state index contributed by atoms with van der Waals surface area (Å²) >= 11 is 0. The molecule has 150 valence electrons. The molecule has 0 unspecified atom stereocenters. The highest BCUT2D eigenvalue weighted by Crippen LogP contribution is 2.23. The molecule has 0 N–H and O–H groups in total. The van der Waals surface area contributed by atoms with Gasteiger partial charge < -0.3 is 18.7 Å². The van der Waals surface area contributed by atoms with E-state index in [1.54, 1.807) is 31.2 Å². The molecule has 3 aromatic rings. The summed E-state index contributed by atoms with van der Waals surface area (Å²) in [6.07, 6.45) is 1.33. The Bertz CT molecular complexity index is 1080. The van der Waals surface area contributed by atoms with Gasteiger partial charge in [0, 0.05) is 10.9 Å². The highest BCUT2D eigenvalue weighted by molar-refractivity contribution is 6.16. The van der Waals surface area contributed by atoms with Gasteiger partial charge in [-0.3, -0.25) is 0 Å². The number of hydrogen-bond donors (Lipinski definition) is 0. The molecule has 1 heterocycles. The molecule has 0 spiro atoms. The predicted octanol–water partition coefficient (Wildman–Crippen LogP) is 4.67. The SMILES string of the molecule is CO/C=C(/C(=O)OC)c1ccccc1CO/N=C(\C)c1cc2cc(F)ccc2o1. The van der Waals surface area contributed by atoms with Gasteiger partial charge in [-0.05, 0) is 36.8 Å². The van der Waals surface area contributed by atoms with Crippen LogP contribution in [0.25, 0.3) is 16.5 Å². The van der Waals surface area contributed by atoms with E-state index in [2.05, 4.69) is 5.16 Å². The monoisotopic (exact) mass is 397 g/mol. The van der Waals surface area contributed by atoms with Crippen LogP contribution in [0, 0.1) is 5.82 Å². The van der Waals surface area contributed by atoms with Gasteiger partial charge >= 0.3 is 5.97 Å². The minimum atomic E-state index is -0.520. The standard InChI is InChI=1S/C22H20FNO5/c1-14(21-11-16-10-17(23)8-9-20(16)29-21)24-28-12-15-6-4-5-7-18(15)19(13-26-2)22(25)27-3/h4-11,13H,12H2,1-3H3/b19-13+,24-14+. The number of benzene rings is 2. The van der Waals surface area contributed by atoms with Crippen molar-refractivity contribution in [3.05, 3.63) is 77.5 Å². The summed E-state index contributed by atoms with van der Waals surface area (Å²) in [6, 6.07) is 13.2. The summed E-state index contributed by atoms with van der Waals surface area (Å²) in [6.45, 7) is 1.84. The second-order valence-electron chi connectivity index (χ2n) is 6.16. The highest BCUT2D eigenvalue weighted by Gasteiger charge is 2.17. The Kier molecular flexibility index (Phi) is 6.29. The van der Waals surface area contributed by atoms with Crippen molar-refractivity contribution in [1.82, 2.24) is 0 Å². The lowest BCUT2D eigenvalue weighted by atomic mass is 10.0. The lowest BCUT2D eigenvalue weighted by molar-refractivity contribution is -0.133. The first kappa shape index (κ1) is 20.1. The Hall–Kier alpha value is -3.61. The first-order valence-electron chi connectivity index (χ1n) is 8.79. The second kappa shape index (κ2) is 9.05. The van der Waals surface area contributed by atoms with Crippen molar-refractivity contribution in [2.45, 2.75) is 13.5 Å². The van der Waals surface area contributed by atoms with Gasteiger partial charge in [0.15, 0.2) is 5.76 Å². The summed E-state index contributed by atoms with van der Waals surface area (Å²) in [4.78, 5) is 17.5. The predicted molar refractivity (Wildman–Crippen MR) is 107 cm³/mol. The zero-order valence-electron chi connectivity index (χ0n) is 16.3. The number of nitrogens with zero attached hydrogens (tertiary/aromatic N) is 1. The van der Waals surface area contributed by atoms with Gasteiger partial charge in [0.2, 0.25) is 0 Å². The van der Waals surface area contributed by atoms with Crippen molar-refractivity contribution >= 4 is 28.2 Å². The Morgan fingerprint density at radius 1 is 1.17 bits per heavy atom. The molecule has 0 radical (unpaired) electrons. The molecule has 7 heteroatoms. The summed E-state index contributed by atoms with van der Waals surface area (Å²) in [5.41, 5.74) is 2.68. The zero-order chi connectivity index (χ0) is 20.8. The maximum Gasteiger partial charge on any atom is 0.341 e. The van der Waals surface area contributed by atoms with Crippen LogP contribution in [0.15, 0.2) is 64.4 Å². The van der Waals surface area contributed by atoms with Crippen LogP contribution in [0.3, 0.4) is 0 Å². The van der Waals surface area contributed by atoms with E-state index in [0.29, 0.717) is 28.0 Å². The van der Waals surface area contributed by atoms with Crippen molar-refractivity contribution in [3.63, 3.8) is 0 Å². The Morgan fingerprint density at radius 2 is 1.97 bits per heavy atom. The number of halogens is 1. The molecule has 0 fully saturated rings. The number of carbonyl (C=O) groups excluding carboxylic acids is 1. The molecule has 29 heavy (non-hydrogen) atoms. The summed E-state index contributed by atoms with van der Waals surface area (Å²) < 4.78 is 28.8. The third-order valence-corrected chi connectivity index (χ3v) is 4.21. The number of carbonyl (C=O) groups is 1. The second-order valence-corrected chi connectivity index (χ2v) is 6.16. The highest BCUT2D eigenvalue weighted by atomic mass is 19.1. The fraction of sp³-hybridized carbons (Fsp3) is 0.182. The van der Waals surface area contributed by atoms with E-state index in [-0.39, 0.29) is 18.0 Å². The summed E-state index contributed by atoms with van der Waals surface area (Å²) in [5.74, 6) is -0.375. The van der Waals surface area contributed by atoms with Crippen LogP contribution >= 0.6 is 0 Å². The van der Waals surface area contributed by atoms with Crippen molar-refractivity contribution in [3.8, 4) is 0 Å². The summed E-state index contributed by atoms with van der Waals surface area (Å²) in [5, 5.41) is 4.73. The van der Waals surface area contributed by atoms with Crippen LogP contribution in [0.1, 0.15) is 23.8 Å². The van der Waals surface area contributed by atoms with E-state index < -0.39 is 5.97 Å². The Balaban J connectivity index is 1.79. The van der Waals surface area contributed by atoms with Crippen LogP contribution in [0.5, 0.6) is 0 Å². The van der Waals surface area contributed by atoms with E-state index >= 15 is 0 Å². The van der Waals surface area contributed by atoms with Gasteiger partial charge in [0.05, 0.1) is 20.5 Å². The van der Waals surface area contributed by atoms with E-state index in [0.717, 1.165) is 5.56 Å². The number of hydrogen-bond acceptors (Lipinski definition) is 6. The van der Waals surface area contributed by atoms with Crippen molar-refractivity contribution in [2.24, 2.45) is 5.16 Å². The van der Waals surface area contributed by atoms with Crippen molar-refractivity contribution in [2.75, 3.05) is 14.2 Å². The average Bonchev–Trinajstić information content (AvgIpc) is 3.15. The lowest BCUT2D eigenvalue weighted by Crippen LogP contribution is -2.07. The fourth-order valence-corrected chi connectivity index (χ4v) is 2.79. The summed E-state index contributed by atoms with van der Waals surface area (Å²) in [7, 11) is 2.76. The Morgan fingerprint density at radius 3 is 2.72 bits per heavy atom. The van der Waals surface area contributed by atoms with Crippen LogP contribution in [-0.2, 0) is 25.7 Å². The molecule has 6 nitrogen and oxygen atoms in total. The van der Waals surface area contributed by atoms with Gasteiger partial charge in [0.25, 0.3) is 0 Å². The molecule has 0 bridgehead atoms. The maximum atomic E-state index is 13.3. The number of ether oxygens (including phenoxy) is 2. The smallest absolute Gasteiger partial charge is 0.341 e. The number of furan rings is 1. The number of fused-ring (bicyclic) bond motifs is 1. The average molecular weight is 397 g/mol. The minimum Gasteiger partial charge on any atom is -0.503 e. The molecular weight excluding hydrogens is 377 g/mol. The number of methoxy groups -OCH3 is 2. The lowest BCUT2D eigenvalue weighted by Gasteiger charge is -2.10. The molecule has 3 rings (SSSR count). The van der Waals surface area contributed by atoms with E-state index in [4.69, 9.17) is 18.7 Å². The molecule has 1 aromatic heterocycles. The van der Waals surface area contributed by atoms with Crippen LogP contribution in [0.4, 0.5) is 4.39 Å². The third-order valence-electron chi connectivity index (χ3n) is 4.21. The van der Waals surface area contributed by atoms with E-state index in [1.165, 1.54) is 32.6 Å². The molecule has 0 saturated heterocycles. The van der Waals surface area contributed by atoms with Gasteiger partial charge in [0.1, 0.15) is 29.3 Å². The van der Waals surface area contributed by atoms with Crippen LogP contribution in [0.2, 0.25) is 0 Å². The van der Waals surface area contributed by atoms with Crippen molar-refractivity contribution < 1.29 is 27.9 Å². The van der Waals surface area contributed by atoms with Gasteiger partial charge in [-0.2, -0.15) is 0 Å². The molecule has 0 saturated carbocycles. The normalized spacial score (nSPS) is 12.1. The van der Waals surface area contributed by atoms with Crippen LogP contribution in [-0.4, -0.2) is 25.9 Å². The largest absolute Gasteiger partial charge is 0.503 e. The fourth-order valence-electron chi connectivity index (χ4n) is 2.79. The third kappa shape index (κ3) is 4.63. The van der Waals surface area contributed by atoms with E-state index in [9.17, 15) is 9.18 Å². The molecule has 0 amide bonds. The van der Waals surface area contributed by atoms with Gasteiger partial charge in [-0.1, -0.05) is 29.4 Å². The molecular formula is C22H20FNO5. The van der Waals surface area contributed by atoms with E-state index in [1.807, 2.05) is 12.1 Å². The number of esters is 1. The quantitative estimate of drug-likeness (QED) is 0.190. The minimum absolute atomic E-state index is 0.112. The first-order chi connectivity index (χ1) is 14.0. The molecule has 0 atom stereocenters. The van der Waals surface area contributed by atoms with Crippen molar-refractivity contribution in [1.29, 1.82) is 0 Å². The van der Waals surface area contributed by atoms with Crippen LogP contribution < -0.4 is 0 Å². The van der Waals surface area contributed by atoms with Gasteiger partial charge in [-0.15, -0.1) is 0 Å². The molecule has 0 aliphatic heterocycles.